The zero-order valence-corrected chi connectivity index (χ0v) is 11.6. The average Bonchev–Trinajstić information content (AvgIpc) is 2.65. The number of hydrogen-bond acceptors (Lipinski definition) is 3. The van der Waals surface area contributed by atoms with E-state index in [2.05, 4.69) is 17.8 Å². The van der Waals surface area contributed by atoms with E-state index in [1.54, 1.807) is 0 Å². The summed E-state index contributed by atoms with van der Waals surface area (Å²) in [5.41, 5.74) is 6.97. The van der Waals surface area contributed by atoms with Crippen molar-refractivity contribution in [2.24, 2.45) is 0 Å². The first-order valence-corrected chi connectivity index (χ1v) is 6.55. The molecule has 0 radical (unpaired) electrons. The summed E-state index contributed by atoms with van der Waals surface area (Å²) in [6.07, 6.45) is 2.89. The summed E-state index contributed by atoms with van der Waals surface area (Å²) in [6.45, 7) is 6.73. The van der Waals surface area contributed by atoms with Crippen LogP contribution in [0.2, 0.25) is 0 Å². The van der Waals surface area contributed by atoms with E-state index >= 15 is 0 Å². The normalized spacial score (nSPS) is 19.5. The molecule has 2 rings (SSSR count). The van der Waals surface area contributed by atoms with Crippen molar-refractivity contribution in [1.82, 2.24) is 10.9 Å². The van der Waals surface area contributed by atoms with Gasteiger partial charge in [-0.05, 0) is 44.0 Å². The van der Waals surface area contributed by atoms with Gasteiger partial charge < -0.3 is 4.74 Å². The van der Waals surface area contributed by atoms with E-state index in [9.17, 15) is 4.79 Å². The van der Waals surface area contributed by atoms with Crippen LogP contribution in [0.5, 0.6) is 5.75 Å². The topological polar surface area (TPSA) is 50.4 Å². The number of rotatable bonds is 4. The lowest BCUT2D eigenvalue weighted by Crippen LogP contribution is -2.38. The van der Waals surface area contributed by atoms with Crippen LogP contribution in [-0.4, -0.2) is 18.1 Å². The van der Waals surface area contributed by atoms with Crippen molar-refractivity contribution >= 4 is 12.0 Å². The Bertz CT molecular complexity index is 489. The minimum atomic E-state index is -0.353. The molecule has 1 aliphatic rings. The van der Waals surface area contributed by atoms with Gasteiger partial charge in [0.25, 0.3) is 5.91 Å². The Morgan fingerprint density at radius 3 is 2.47 bits per heavy atom. The molecule has 0 aromatic heterocycles. The lowest BCUT2D eigenvalue weighted by atomic mass is 9.94. The van der Waals surface area contributed by atoms with Gasteiger partial charge in [0.1, 0.15) is 5.75 Å². The fraction of sp³-hybridized carbons (Fsp3) is 0.400. The molecule has 1 aromatic carbocycles. The molecule has 2 N–H and O–H groups in total. The number of hydrazine groups is 1. The van der Waals surface area contributed by atoms with E-state index in [0.29, 0.717) is 0 Å². The minimum Gasteiger partial charge on any atom is -0.494 e. The summed E-state index contributed by atoms with van der Waals surface area (Å²) in [7, 11) is 0. The molecule has 1 aromatic rings. The van der Waals surface area contributed by atoms with Crippen LogP contribution in [0.3, 0.4) is 0 Å². The lowest BCUT2D eigenvalue weighted by molar-refractivity contribution is -0.116. The van der Waals surface area contributed by atoms with E-state index in [4.69, 9.17) is 4.74 Å². The van der Waals surface area contributed by atoms with Crippen LogP contribution >= 0.6 is 0 Å². The van der Waals surface area contributed by atoms with Crippen molar-refractivity contribution in [3.63, 3.8) is 0 Å². The van der Waals surface area contributed by atoms with Crippen LogP contribution < -0.4 is 15.6 Å². The first-order chi connectivity index (χ1) is 9.03. The molecular weight excluding hydrogens is 240 g/mol. The second-order valence-electron chi connectivity index (χ2n) is 5.18. The minimum absolute atomic E-state index is 0.0729. The molecule has 0 atom stereocenters. The molecule has 0 aliphatic carbocycles. The van der Waals surface area contributed by atoms with Crippen LogP contribution in [0, 0.1) is 0 Å². The van der Waals surface area contributed by atoms with Gasteiger partial charge >= 0.3 is 0 Å². The Kier molecular flexibility index (Phi) is 3.90. The number of amides is 1. The Hall–Kier alpha value is -1.81. The third-order valence-corrected chi connectivity index (χ3v) is 3.07. The standard InChI is InChI=1S/C15H20N2O2/c1-4-9-19-12-7-5-11(6-8-12)10-13-14(18)16-17-15(13,2)3/h5-8,10,17H,4,9H2,1-3H3,(H,16,18)/b13-10+. The van der Waals surface area contributed by atoms with Crippen molar-refractivity contribution in [2.45, 2.75) is 32.7 Å². The van der Waals surface area contributed by atoms with Crippen LogP contribution in [0.4, 0.5) is 0 Å². The van der Waals surface area contributed by atoms with Crippen LogP contribution in [0.1, 0.15) is 32.8 Å². The van der Waals surface area contributed by atoms with Crippen LogP contribution in [0.25, 0.3) is 6.08 Å². The lowest BCUT2D eigenvalue weighted by Gasteiger charge is -2.16. The average molecular weight is 260 g/mol. The highest BCUT2D eigenvalue weighted by Crippen LogP contribution is 2.23. The van der Waals surface area contributed by atoms with Gasteiger partial charge in [-0.1, -0.05) is 19.1 Å². The summed E-state index contributed by atoms with van der Waals surface area (Å²) >= 11 is 0. The first-order valence-electron chi connectivity index (χ1n) is 6.55. The number of carbonyl (C=O) groups excluding carboxylic acids is 1. The Morgan fingerprint density at radius 2 is 1.95 bits per heavy atom. The van der Waals surface area contributed by atoms with Gasteiger partial charge in [-0.3, -0.25) is 10.2 Å². The largest absolute Gasteiger partial charge is 0.494 e. The highest BCUT2D eigenvalue weighted by atomic mass is 16.5. The molecular formula is C15H20N2O2. The van der Waals surface area contributed by atoms with Crippen molar-refractivity contribution in [1.29, 1.82) is 0 Å². The SMILES string of the molecule is CCCOc1ccc(/C=C2\C(=O)NNC2(C)C)cc1. The summed E-state index contributed by atoms with van der Waals surface area (Å²) < 4.78 is 5.53. The van der Waals surface area contributed by atoms with Crippen LogP contribution in [0.15, 0.2) is 29.8 Å². The van der Waals surface area contributed by atoms with Gasteiger partial charge in [0.15, 0.2) is 0 Å². The molecule has 102 valence electrons. The zero-order chi connectivity index (χ0) is 13.9. The Balaban J connectivity index is 2.16. The Morgan fingerprint density at radius 1 is 1.26 bits per heavy atom. The maximum atomic E-state index is 11.7. The highest BCUT2D eigenvalue weighted by Gasteiger charge is 2.34. The molecule has 1 aliphatic heterocycles. The molecule has 1 saturated heterocycles. The van der Waals surface area contributed by atoms with Gasteiger partial charge in [0.05, 0.1) is 12.1 Å². The van der Waals surface area contributed by atoms with E-state index in [1.807, 2.05) is 44.2 Å². The van der Waals surface area contributed by atoms with Crippen LogP contribution in [-0.2, 0) is 4.79 Å². The molecule has 19 heavy (non-hydrogen) atoms. The molecule has 1 amide bonds. The fourth-order valence-corrected chi connectivity index (χ4v) is 1.92. The predicted molar refractivity (Wildman–Crippen MR) is 75.6 cm³/mol. The van der Waals surface area contributed by atoms with E-state index in [-0.39, 0.29) is 11.4 Å². The molecule has 1 heterocycles. The number of ether oxygens (including phenoxy) is 1. The summed E-state index contributed by atoms with van der Waals surface area (Å²) in [5.74, 6) is 0.786. The van der Waals surface area contributed by atoms with Gasteiger partial charge in [-0.25, -0.2) is 5.43 Å². The smallest absolute Gasteiger partial charge is 0.263 e. The number of nitrogens with one attached hydrogen (secondary N) is 2. The third-order valence-electron chi connectivity index (χ3n) is 3.07. The first kappa shape index (κ1) is 13.6. The maximum Gasteiger partial charge on any atom is 0.263 e. The van der Waals surface area contributed by atoms with Gasteiger partial charge in [0.2, 0.25) is 0 Å². The van der Waals surface area contributed by atoms with Crippen molar-refractivity contribution in [3.05, 3.63) is 35.4 Å². The number of benzene rings is 1. The summed E-state index contributed by atoms with van der Waals surface area (Å²) in [6, 6.07) is 7.77. The van der Waals surface area contributed by atoms with Crippen molar-refractivity contribution in [2.75, 3.05) is 6.61 Å². The third kappa shape index (κ3) is 3.15. The summed E-state index contributed by atoms with van der Waals surface area (Å²) in [4.78, 5) is 11.7. The second kappa shape index (κ2) is 5.45. The zero-order valence-electron chi connectivity index (χ0n) is 11.6. The van der Waals surface area contributed by atoms with E-state index < -0.39 is 0 Å². The predicted octanol–water partition coefficient (Wildman–Crippen LogP) is 2.27. The monoisotopic (exact) mass is 260 g/mol. The Labute approximate surface area is 113 Å². The molecule has 0 unspecified atom stereocenters. The molecule has 0 bridgehead atoms. The maximum absolute atomic E-state index is 11.7. The van der Waals surface area contributed by atoms with Gasteiger partial charge in [-0.2, -0.15) is 0 Å². The van der Waals surface area contributed by atoms with Crippen molar-refractivity contribution < 1.29 is 9.53 Å². The molecule has 0 spiro atoms. The second-order valence-corrected chi connectivity index (χ2v) is 5.18. The highest BCUT2D eigenvalue weighted by molar-refractivity contribution is 6.01. The molecule has 4 heteroatoms. The molecule has 0 saturated carbocycles. The van der Waals surface area contributed by atoms with Gasteiger partial charge in [0, 0.05) is 5.57 Å². The number of hydrogen-bond donors (Lipinski definition) is 2. The van der Waals surface area contributed by atoms with E-state index in [1.165, 1.54) is 0 Å². The summed E-state index contributed by atoms with van der Waals surface area (Å²) in [5, 5.41) is 0. The van der Waals surface area contributed by atoms with Crippen molar-refractivity contribution in [3.8, 4) is 5.75 Å². The quantitative estimate of drug-likeness (QED) is 0.817. The van der Waals surface area contributed by atoms with E-state index in [0.717, 1.165) is 29.9 Å². The fourth-order valence-electron chi connectivity index (χ4n) is 1.92. The number of carbonyl (C=O) groups is 1. The van der Waals surface area contributed by atoms with Gasteiger partial charge in [-0.15, -0.1) is 0 Å². The molecule has 4 nitrogen and oxygen atoms in total. The molecule has 1 fully saturated rings.